The Hall–Kier alpha value is -1.91. The van der Waals surface area contributed by atoms with E-state index in [4.69, 9.17) is 10.5 Å². The smallest absolute Gasteiger partial charge is 0.339 e. The molecule has 0 saturated carbocycles. The number of carbonyl (C=O) groups is 2. The maximum absolute atomic E-state index is 11.1. The Morgan fingerprint density at radius 2 is 2.21 bits per heavy atom. The third-order valence-electron chi connectivity index (χ3n) is 1.53. The number of aromatic nitrogens is 1. The molecule has 0 bridgehead atoms. The van der Waals surface area contributed by atoms with Crippen LogP contribution in [0.3, 0.4) is 0 Å². The summed E-state index contributed by atoms with van der Waals surface area (Å²) >= 11 is 0. The predicted octanol–water partition coefficient (Wildman–Crippen LogP) is 0.357. The maximum atomic E-state index is 11.1. The lowest BCUT2D eigenvalue weighted by molar-refractivity contribution is 0.0525. The van der Waals surface area contributed by atoms with Gasteiger partial charge in [-0.2, -0.15) is 0 Å². The van der Waals surface area contributed by atoms with Crippen molar-refractivity contribution in [1.82, 2.24) is 4.98 Å². The van der Waals surface area contributed by atoms with E-state index in [1.54, 1.807) is 6.92 Å². The summed E-state index contributed by atoms with van der Waals surface area (Å²) in [6.45, 7) is 2.01. The van der Waals surface area contributed by atoms with Crippen LogP contribution in [0.5, 0.6) is 0 Å². The number of nitrogens with zero attached hydrogens (tertiary/aromatic N) is 1. The lowest BCUT2D eigenvalue weighted by Crippen LogP contribution is -2.13. The highest BCUT2D eigenvalue weighted by Gasteiger charge is 2.08. The number of nitrogens with two attached hydrogens (primary N) is 1. The Kier molecular flexibility index (Phi) is 3.17. The summed E-state index contributed by atoms with van der Waals surface area (Å²) in [5, 5.41) is 0. The minimum Gasteiger partial charge on any atom is -0.462 e. The molecule has 0 aliphatic carbocycles. The number of hydrogen-bond acceptors (Lipinski definition) is 4. The van der Waals surface area contributed by atoms with Crippen molar-refractivity contribution in [2.45, 2.75) is 6.92 Å². The number of pyridine rings is 1. The fraction of sp³-hybridized carbons (Fsp3) is 0.222. The van der Waals surface area contributed by atoms with Crippen molar-refractivity contribution in [3.63, 3.8) is 0 Å². The summed E-state index contributed by atoms with van der Waals surface area (Å²) < 4.78 is 4.73. The number of carbonyl (C=O) groups excluding carboxylic acids is 2. The summed E-state index contributed by atoms with van der Waals surface area (Å²) in [6, 6.07) is 2.83. The fourth-order valence-corrected chi connectivity index (χ4v) is 0.875. The Morgan fingerprint density at radius 1 is 1.50 bits per heavy atom. The van der Waals surface area contributed by atoms with Crippen LogP contribution in [-0.4, -0.2) is 23.5 Å². The molecule has 1 heterocycles. The second-order valence-corrected chi connectivity index (χ2v) is 2.52. The minimum absolute atomic E-state index is 0.123. The molecule has 14 heavy (non-hydrogen) atoms. The molecule has 1 amide bonds. The zero-order valence-corrected chi connectivity index (χ0v) is 7.69. The van der Waals surface area contributed by atoms with Gasteiger partial charge in [0.25, 0.3) is 5.91 Å². The van der Waals surface area contributed by atoms with Gasteiger partial charge in [0.2, 0.25) is 0 Å². The first-order valence-electron chi connectivity index (χ1n) is 4.08. The van der Waals surface area contributed by atoms with Gasteiger partial charge in [0.15, 0.2) is 0 Å². The highest BCUT2D eigenvalue weighted by molar-refractivity contribution is 5.93. The number of esters is 1. The van der Waals surface area contributed by atoms with Crippen molar-refractivity contribution in [2.75, 3.05) is 6.61 Å². The number of hydrogen-bond donors (Lipinski definition) is 1. The fourth-order valence-electron chi connectivity index (χ4n) is 0.875. The average molecular weight is 194 g/mol. The average Bonchev–Trinajstić information content (AvgIpc) is 2.18. The van der Waals surface area contributed by atoms with Crippen LogP contribution in [0.2, 0.25) is 0 Å². The second kappa shape index (κ2) is 4.36. The minimum atomic E-state index is -0.625. The molecule has 1 aromatic rings. The predicted molar refractivity (Wildman–Crippen MR) is 48.7 cm³/mol. The second-order valence-electron chi connectivity index (χ2n) is 2.52. The molecule has 0 unspecified atom stereocenters. The van der Waals surface area contributed by atoms with E-state index >= 15 is 0 Å². The largest absolute Gasteiger partial charge is 0.462 e. The molecular formula is C9H10N2O3. The summed E-state index contributed by atoms with van der Waals surface area (Å²) in [6.07, 6.45) is 1.26. The molecule has 0 aliphatic rings. The van der Waals surface area contributed by atoms with Crippen molar-refractivity contribution in [3.05, 3.63) is 29.6 Å². The van der Waals surface area contributed by atoms with Gasteiger partial charge in [-0.1, -0.05) is 0 Å². The zero-order valence-electron chi connectivity index (χ0n) is 7.69. The first-order chi connectivity index (χ1) is 6.65. The first-order valence-corrected chi connectivity index (χ1v) is 4.08. The van der Waals surface area contributed by atoms with Crippen LogP contribution in [0.4, 0.5) is 0 Å². The molecule has 2 N–H and O–H groups in total. The highest BCUT2D eigenvalue weighted by Crippen LogP contribution is 2.01. The van der Waals surface area contributed by atoms with Gasteiger partial charge in [-0.3, -0.25) is 9.78 Å². The monoisotopic (exact) mass is 194 g/mol. The molecule has 1 aromatic heterocycles. The van der Waals surface area contributed by atoms with E-state index in [0.29, 0.717) is 12.2 Å². The number of ether oxygens (including phenoxy) is 1. The summed E-state index contributed by atoms with van der Waals surface area (Å²) in [5.74, 6) is -1.09. The number of rotatable bonds is 3. The van der Waals surface area contributed by atoms with Crippen molar-refractivity contribution < 1.29 is 14.3 Å². The summed E-state index contributed by atoms with van der Waals surface area (Å²) in [7, 11) is 0. The highest BCUT2D eigenvalue weighted by atomic mass is 16.5. The molecule has 74 valence electrons. The van der Waals surface area contributed by atoms with E-state index in [9.17, 15) is 9.59 Å². The molecule has 5 nitrogen and oxygen atoms in total. The molecule has 0 radical (unpaired) electrons. The van der Waals surface area contributed by atoms with E-state index in [1.165, 1.54) is 18.3 Å². The van der Waals surface area contributed by atoms with E-state index in [1.807, 2.05) is 0 Å². The van der Waals surface area contributed by atoms with Gasteiger partial charge >= 0.3 is 5.97 Å². The first kappa shape index (κ1) is 10.2. The number of primary amides is 1. The molecule has 0 saturated heterocycles. The molecule has 0 spiro atoms. The van der Waals surface area contributed by atoms with Gasteiger partial charge in [0.05, 0.1) is 12.2 Å². The topological polar surface area (TPSA) is 82.3 Å². The Balaban J connectivity index is 2.83. The Morgan fingerprint density at radius 3 is 2.64 bits per heavy atom. The van der Waals surface area contributed by atoms with Crippen LogP contribution in [0.25, 0.3) is 0 Å². The lowest BCUT2D eigenvalue weighted by atomic mass is 10.2. The summed E-state index contributed by atoms with van der Waals surface area (Å²) in [4.78, 5) is 25.5. The van der Waals surface area contributed by atoms with Crippen LogP contribution in [-0.2, 0) is 4.74 Å². The van der Waals surface area contributed by atoms with Gasteiger partial charge in [-0.05, 0) is 19.1 Å². The van der Waals surface area contributed by atoms with Gasteiger partial charge in [0.1, 0.15) is 5.69 Å². The van der Waals surface area contributed by atoms with Crippen molar-refractivity contribution >= 4 is 11.9 Å². The van der Waals surface area contributed by atoms with Crippen LogP contribution in [0, 0.1) is 0 Å². The molecule has 0 fully saturated rings. The zero-order chi connectivity index (χ0) is 10.6. The maximum Gasteiger partial charge on any atom is 0.339 e. The van der Waals surface area contributed by atoms with Crippen molar-refractivity contribution in [3.8, 4) is 0 Å². The molecular weight excluding hydrogens is 184 g/mol. The van der Waals surface area contributed by atoms with Crippen molar-refractivity contribution in [2.24, 2.45) is 5.73 Å². The standard InChI is InChI=1S/C9H10N2O3/c1-2-14-9(13)6-3-4-7(8(10)12)11-5-6/h3-5H,2H2,1H3,(H2,10,12). The normalized spacial score (nSPS) is 9.50. The molecule has 0 aliphatic heterocycles. The van der Waals surface area contributed by atoms with Gasteiger partial charge in [0, 0.05) is 6.20 Å². The third-order valence-corrected chi connectivity index (χ3v) is 1.53. The van der Waals surface area contributed by atoms with Crippen LogP contribution in [0.1, 0.15) is 27.8 Å². The van der Waals surface area contributed by atoms with Crippen LogP contribution < -0.4 is 5.73 Å². The SMILES string of the molecule is CCOC(=O)c1ccc(C(N)=O)nc1. The van der Waals surface area contributed by atoms with Gasteiger partial charge in [-0.25, -0.2) is 4.79 Å². The quantitative estimate of drug-likeness (QED) is 0.704. The molecule has 0 aromatic carbocycles. The third kappa shape index (κ3) is 2.29. The molecule has 1 rings (SSSR count). The van der Waals surface area contributed by atoms with Crippen LogP contribution in [0.15, 0.2) is 18.3 Å². The van der Waals surface area contributed by atoms with Crippen LogP contribution >= 0.6 is 0 Å². The van der Waals surface area contributed by atoms with Gasteiger partial charge in [-0.15, -0.1) is 0 Å². The van der Waals surface area contributed by atoms with E-state index in [0.717, 1.165) is 0 Å². The van der Waals surface area contributed by atoms with E-state index in [-0.39, 0.29) is 5.69 Å². The van der Waals surface area contributed by atoms with Crippen molar-refractivity contribution in [1.29, 1.82) is 0 Å². The summed E-state index contributed by atoms with van der Waals surface area (Å²) in [5.41, 5.74) is 5.41. The molecule has 5 heteroatoms. The lowest BCUT2D eigenvalue weighted by Gasteiger charge is -2.00. The van der Waals surface area contributed by atoms with Gasteiger partial charge < -0.3 is 10.5 Å². The van der Waals surface area contributed by atoms with E-state index in [2.05, 4.69) is 4.98 Å². The molecule has 0 atom stereocenters. The Bertz CT molecular complexity index is 346. The number of amides is 1. The van der Waals surface area contributed by atoms with E-state index < -0.39 is 11.9 Å². The Labute approximate surface area is 80.9 Å².